The van der Waals surface area contributed by atoms with Crippen molar-refractivity contribution in [2.24, 2.45) is 0 Å². The Kier molecular flexibility index (Phi) is 6.38. The lowest BCUT2D eigenvalue weighted by Gasteiger charge is -2.09. The molecule has 6 nitrogen and oxygen atoms in total. The molecule has 7 heteroatoms. The van der Waals surface area contributed by atoms with Gasteiger partial charge >= 0.3 is 0 Å². The first kappa shape index (κ1) is 22.1. The first-order chi connectivity index (χ1) is 16.1. The van der Waals surface area contributed by atoms with Crippen molar-refractivity contribution >= 4 is 44.0 Å². The van der Waals surface area contributed by atoms with E-state index in [1.165, 1.54) is 16.9 Å². The molecule has 164 valence electrons. The van der Waals surface area contributed by atoms with Crippen molar-refractivity contribution in [1.29, 1.82) is 5.26 Å². The zero-order valence-electron chi connectivity index (χ0n) is 18.2. The van der Waals surface area contributed by atoms with E-state index >= 15 is 0 Å². The van der Waals surface area contributed by atoms with Crippen LogP contribution < -0.4 is 16.4 Å². The Morgan fingerprint density at radius 1 is 1.21 bits per heavy atom. The first-order valence-electron chi connectivity index (χ1n) is 10.5. The Balaban J connectivity index is 1.96. The Bertz CT molecular complexity index is 1370. The number of amides is 1. The fraction of sp³-hybridized carbons (Fsp3) is 0.115. The van der Waals surface area contributed by atoms with E-state index in [0.29, 0.717) is 33.8 Å². The number of carbonyl (C=O) groups excluding carboxylic acids is 1. The van der Waals surface area contributed by atoms with Gasteiger partial charge in [0.1, 0.15) is 28.0 Å². The molecular weight excluding hydrogens is 430 g/mol. The lowest BCUT2D eigenvalue weighted by Crippen LogP contribution is -2.23. The van der Waals surface area contributed by atoms with Gasteiger partial charge in [-0.15, -0.1) is 17.9 Å². The summed E-state index contributed by atoms with van der Waals surface area (Å²) in [5.41, 5.74) is 10.9. The van der Waals surface area contributed by atoms with Crippen molar-refractivity contribution < 1.29 is 4.79 Å². The average molecular weight is 454 g/mol. The number of carbonyl (C=O) groups is 1. The molecule has 0 unspecified atom stereocenters. The van der Waals surface area contributed by atoms with Gasteiger partial charge in [0, 0.05) is 17.8 Å². The van der Waals surface area contributed by atoms with Crippen LogP contribution in [0.1, 0.15) is 28.4 Å². The second-order valence-electron chi connectivity index (χ2n) is 7.38. The molecule has 1 amide bonds. The topological polar surface area (TPSA) is 104 Å². The van der Waals surface area contributed by atoms with Crippen LogP contribution >= 0.6 is 11.3 Å². The summed E-state index contributed by atoms with van der Waals surface area (Å²) in [6.07, 6.45) is 2.56. The summed E-state index contributed by atoms with van der Waals surface area (Å²) in [6.45, 7) is 6.09. The molecule has 0 aliphatic heterocycles. The minimum Gasteiger partial charge on any atom is -0.383 e. The quantitative estimate of drug-likeness (QED) is 0.314. The van der Waals surface area contributed by atoms with Gasteiger partial charge in [-0.25, -0.2) is 4.98 Å². The van der Waals surface area contributed by atoms with Gasteiger partial charge in [-0.05, 0) is 29.7 Å². The number of hydrogen-bond acceptors (Lipinski definition) is 6. The second kappa shape index (κ2) is 9.55. The highest BCUT2D eigenvalue weighted by Gasteiger charge is 2.26. The van der Waals surface area contributed by atoms with Crippen LogP contribution in [0.5, 0.6) is 0 Å². The number of aromatic nitrogens is 1. The number of nitrogens with one attached hydrogen (secondary N) is 2. The van der Waals surface area contributed by atoms with Crippen LogP contribution in [0.15, 0.2) is 67.3 Å². The van der Waals surface area contributed by atoms with E-state index < -0.39 is 0 Å². The monoisotopic (exact) mass is 453 g/mol. The number of nitrogens with two attached hydrogens (primary N) is 1. The number of anilines is 3. The van der Waals surface area contributed by atoms with Crippen LogP contribution in [0.3, 0.4) is 0 Å². The van der Waals surface area contributed by atoms with E-state index in [4.69, 9.17) is 5.73 Å². The lowest BCUT2D eigenvalue weighted by atomic mass is 10.00. The number of hydrogen-bond donors (Lipinski definition) is 3. The van der Waals surface area contributed by atoms with Crippen molar-refractivity contribution in [2.75, 3.05) is 17.6 Å². The van der Waals surface area contributed by atoms with Gasteiger partial charge in [-0.2, -0.15) is 5.26 Å². The third kappa shape index (κ3) is 4.29. The summed E-state index contributed by atoms with van der Waals surface area (Å²) in [6, 6.07) is 19.8. The second-order valence-corrected chi connectivity index (χ2v) is 8.40. The molecule has 2 heterocycles. The fourth-order valence-electron chi connectivity index (χ4n) is 3.62. The molecular formula is C26H23N5OS. The standard InChI is InChI=1S/C26H23N5OS/c1-3-14-29-25(32)21-22-23(33-26(21)30-18-12-10-16(4-2)11-13-18)20(17-8-6-5-7-9-17)19(15-27)24(28)31-22/h3,5-13,30H,1,4,14H2,2H3,(H2,28,31)(H,29,32). The highest BCUT2D eigenvalue weighted by molar-refractivity contribution is 7.24. The molecule has 4 rings (SSSR count). The number of aryl methyl sites for hydroxylation is 1. The van der Waals surface area contributed by atoms with E-state index in [0.717, 1.165) is 22.4 Å². The Hall–Kier alpha value is -4.15. The number of rotatable bonds is 7. The van der Waals surface area contributed by atoms with Crippen LogP contribution in [-0.4, -0.2) is 17.4 Å². The van der Waals surface area contributed by atoms with Gasteiger partial charge in [0.2, 0.25) is 0 Å². The van der Waals surface area contributed by atoms with Crippen LogP contribution in [0.4, 0.5) is 16.5 Å². The fourth-order valence-corrected chi connectivity index (χ4v) is 4.85. The van der Waals surface area contributed by atoms with E-state index in [-0.39, 0.29) is 11.7 Å². The van der Waals surface area contributed by atoms with Gasteiger partial charge in [-0.1, -0.05) is 55.5 Å². The summed E-state index contributed by atoms with van der Waals surface area (Å²) in [4.78, 5) is 17.7. The Labute approximate surface area is 196 Å². The highest BCUT2D eigenvalue weighted by atomic mass is 32.1. The molecule has 2 aromatic carbocycles. The number of nitrogen functional groups attached to an aromatic ring is 1. The summed E-state index contributed by atoms with van der Waals surface area (Å²) in [5, 5.41) is 16.7. The molecule has 0 bridgehead atoms. The highest BCUT2D eigenvalue weighted by Crippen LogP contribution is 2.44. The first-order valence-corrected chi connectivity index (χ1v) is 11.4. The minimum absolute atomic E-state index is 0.0956. The van der Waals surface area contributed by atoms with Gasteiger partial charge in [-0.3, -0.25) is 4.79 Å². The maximum atomic E-state index is 13.2. The van der Waals surface area contributed by atoms with Crippen LogP contribution in [0.25, 0.3) is 21.3 Å². The van der Waals surface area contributed by atoms with Gasteiger partial charge < -0.3 is 16.4 Å². The van der Waals surface area contributed by atoms with Gasteiger partial charge in [0.15, 0.2) is 0 Å². The predicted molar refractivity (Wildman–Crippen MR) is 136 cm³/mol. The summed E-state index contributed by atoms with van der Waals surface area (Å²) < 4.78 is 0.725. The Morgan fingerprint density at radius 2 is 1.94 bits per heavy atom. The maximum absolute atomic E-state index is 13.2. The molecule has 0 atom stereocenters. The smallest absolute Gasteiger partial charge is 0.256 e. The average Bonchev–Trinajstić information content (AvgIpc) is 3.19. The van der Waals surface area contributed by atoms with E-state index in [1.807, 2.05) is 54.6 Å². The summed E-state index contributed by atoms with van der Waals surface area (Å²) >= 11 is 1.38. The molecule has 0 spiro atoms. The third-order valence-corrected chi connectivity index (χ3v) is 6.39. The zero-order valence-corrected chi connectivity index (χ0v) is 19.0. The SMILES string of the molecule is C=CCNC(=O)c1c(Nc2ccc(CC)cc2)sc2c(-c3ccccc3)c(C#N)c(N)nc12. The van der Waals surface area contributed by atoms with Crippen molar-refractivity contribution in [2.45, 2.75) is 13.3 Å². The van der Waals surface area contributed by atoms with Crippen LogP contribution in [-0.2, 0) is 6.42 Å². The number of thiophene rings is 1. The number of nitriles is 1. The summed E-state index contributed by atoms with van der Waals surface area (Å²) in [7, 11) is 0. The number of benzene rings is 2. The van der Waals surface area contributed by atoms with Crippen LogP contribution in [0.2, 0.25) is 0 Å². The molecule has 0 radical (unpaired) electrons. The molecule has 2 aromatic heterocycles. The summed E-state index contributed by atoms with van der Waals surface area (Å²) in [5.74, 6) is -0.192. The number of nitrogens with zero attached hydrogens (tertiary/aromatic N) is 2. The van der Waals surface area contributed by atoms with Crippen molar-refractivity contribution in [3.63, 3.8) is 0 Å². The predicted octanol–water partition coefficient (Wildman–Crippen LogP) is 5.64. The van der Waals surface area contributed by atoms with Crippen molar-refractivity contribution in [1.82, 2.24) is 10.3 Å². The number of fused-ring (bicyclic) bond motifs is 1. The molecule has 0 aliphatic rings. The molecule has 0 aliphatic carbocycles. The minimum atomic E-state index is -0.288. The molecule has 0 saturated heterocycles. The number of pyridine rings is 1. The Morgan fingerprint density at radius 3 is 2.58 bits per heavy atom. The van der Waals surface area contributed by atoms with E-state index in [1.54, 1.807) is 6.08 Å². The molecule has 33 heavy (non-hydrogen) atoms. The maximum Gasteiger partial charge on any atom is 0.256 e. The van der Waals surface area contributed by atoms with Crippen molar-refractivity contribution in [3.8, 4) is 17.2 Å². The van der Waals surface area contributed by atoms with Crippen molar-refractivity contribution in [3.05, 3.63) is 83.9 Å². The van der Waals surface area contributed by atoms with E-state index in [9.17, 15) is 10.1 Å². The lowest BCUT2D eigenvalue weighted by molar-refractivity contribution is 0.0960. The molecule has 4 N–H and O–H groups in total. The van der Waals surface area contributed by atoms with Crippen LogP contribution in [0, 0.1) is 11.3 Å². The largest absolute Gasteiger partial charge is 0.383 e. The van der Waals surface area contributed by atoms with Gasteiger partial charge in [0.25, 0.3) is 5.91 Å². The van der Waals surface area contributed by atoms with Gasteiger partial charge in [0.05, 0.1) is 10.2 Å². The molecule has 0 fully saturated rings. The third-order valence-electron chi connectivity index (χ3n) is 5.28. The molecule has 0 saturated carbocycles. The molecule has 4 aromatic rings. The zero-order chi connectivity index (χ0) is 23.4. The van der Waals surface area contributed by atoms with E-state index in [2.05, 4.69) is 35.2 Å². The normalized spacial score (nSPS) is 10.5.